The predicted octanol–water partition coefficient (Wildman–Crippen LogP) is 2.44. The summed E-state index contributed by atoms with van der Waals surface area (Å²) >= 11 is 0. The zero-order valence-electron chi connectivity index (χ0n) is 20.0. The second kappa shape index (κ2) is 8.81. The number of nitriles is 1. The quantitative estimate of drug-likeness (QED) is 0.714. The third kappa shape index (κ3) is 4.42. The molecule has 0 aliphatic carbocycles. The summed E-state index contributed by atoms with van der Waals surface area (Å²) < 4.78 is 9.00. The van der Waals surface area contributed by atoms with E-state index in [1.807, 2.05) is 51.0 Å². The van der Waals surface area contributed by atoms with Crippen LogP contribution >= 0.6 is 0 Å². The molecule has 2 aromatic heterocycles. The summed E-state index contributed by atoms with van der Waals surface area (Å²) in [6.07, 6.45) is 0.653. The Bertz CT molecular complexity index is 1110. The van der Waals surface area contributed by atoms with Crippen LogP contribution in [0.4, 0.5) is 10.6 Å². The topological polar surface area (TPSA) is 109 Å². The number of amides is 1. The van der Waals surface area contributed by atoms with E-state index in [0.717, 1.165) is 6.42 Å². The SMILES string of the molecule is CCCn1c(CC#N)nc2c(N3C[C@@H](C)N(C(=O)OC(C)(C)C)C[C@@H]3C)nc(=O)n(C)c21. The van der Waals surface area contributed by atoms with Crippen LogP contribution in [0.3, 0.4) is 0 Å². The maximum atomic E-state index is 12.8. The number of hydrogen-bond donors (Lipinski definition) is 0. The molecule has 1 aliphatic heterocycles. The molecule has 0 aromatic carbocycles. The van der Waals surface area contributed by atoms with Gasteiger partial charge in [0.15, 0.2) is 5.82 Å². The van der Waals surface area contributed by atoms with Crippen molar-refractivity contribution in [3.05, 3.63) is 16.3 Å². The summed E-state index contributed by atoms with van der Waals surface area (Å²) in [4.78, 5) is 38.3. The van der Waals surface area contributed by atoms with E-state index in [1.165, 1.54) is 4.57 Å². The largest absolute Gasteiger partial charge is 0.444 e. The van der Waals surface area contributed by atoms with Gasteiger partial charge in [0.25, 0.3) is 0 Å². The smallest absolute Gasteiger partial charge is 0.410 e. The first-order valence-corrected chi connectivity index (χ1v) is 11.1. The van der Waals surface area contributed by atoms with Crippen molar-refractivity contribution in [3.63, 3.8) is 0 Å². The number of carbonyl (C=O) groups excluding carboxylic acids is 1. The Labute approximate surface area is 188 Å². The Hall–Kier alpha value is -3.09. The van der Waals surface area contributed by atoms with Crippen molar-refractivity contribution in [2.24, 2.45) is 7.05 Å². The molecule has 174 valence electrons. The zero-order chi connectivity index (χ0) is 23.8. The van der Waals surface area contributed by atoms with E-state index in [1.54, 1.807) is 11.9 Å². The number of carbonyl (C=O) groups is 1. The Balaban J connectivity index is 2.04. The summed E-state index contributed by atoms with van der Waals surface area (Å²) in [7, 11) is 1.68. The maximum Gasteiger partial charge on any atom is 0.410 e. The van der Waals surface area contributed by atoms with Crippen molar-refractivity contribution in [1.82, 2.24) is 24.0 Å². The van der Waals surface area contributed by atoms with Gasteiger partial charge in [0.1, 0.15) is 22.6 Å². The number of piperazine rings is 1. The second-order valence-corrected chi connectivity index (χ2v) is 9.45. The molecule has 10 heteroatoms. The number of rotatable bonds is 4. The molecule has 2 atom stereocenters. The lowest BCUT2D eigenvalue weighted by atomic mass is 10.1. The first-order valence-electron chi connectivity index (χ1n) is 11.1. The van der Waals surface area contributed by atoms with E-state index in [9.17, 15) is 14.9 Å². The van der Waals surface area contributed by atoms with Gasteiger partial charge in [0, 0.05) is 38.8 Å². The van der Waals surface area contributed by atoms with Crippen LogP contribution in [0, 0.1) is 11.3 Å². The molecule has 10 nitrogen and oxygen atoms in total. The summed E-state index contributed by atoms with van der Waals surface area (Å²) in [6.45, 7) is 13.1. The van der Waals surface area contributed by atoms with Crippen LogP contribution in [0.1, 0.15) is 53.8 Å². The first kappa shape index (κ1) is 23.6. The minimum Gasteiger partial charge on any atom is -0.444 e. The molecule has 1 fully saturated rings. The third-order valence-corrected chi connectivity index (χ3v) is 5.61. The zero-order valence-corrected chi connectivity index (χ0v) is 20.0. The number of imidazole rings is 1. The van der Waals surface area contributed by atoms with Crippen LogP contribution in [0.25, 0.3) is 11.2 Å². The summed E-state index contributed by atoms with van der Waals surface area (Å²) in [5, 5.41) is 9.27. The average molecular weight is 444 g/mol. The standard InChI is InChI=1S/C22H33N7O3/c1-8-11-27-16(9-10-23)24-17-18(25-20(30)26(7)19(17)27)28-12-15(3)29(13-14(28)2)21(31)32-22(4,5)6/h14-15H,8-9,11-13H2,1-7H3/t14-,15+/m0/s1. The van der Waals surface area contributed by atoms with Crippen molar-refractivity contribution in [2.45, 2.75) is 78.6 Å². The van der Waals surface area contributed by atoms with E-state index < -0.39 is 5.60 Å². The Morgan fingerprint density at radius 3 is 2.50 bits per heavy atom. The van der Waals surface area contributed by atoms with Crippen LogP contribution < -0.4 is 10.6 Å². The monoisotopic (exact) mass is 443 g/mol. The van der Waals surface area contributed by atoms with Gasteiger partial charge < -0.3 is 19.1 Å². The number of ether oxygens (including phenoxy) is 1. The van der Waals surface area contributed by atoms with Gasteiger partial charge in [0.05, 0.1) is 12.5 Å². The van der Waals surface area contributed by atoms with Crippen LogP contribution in [-0.4, -0.2) is 60.9 Å². The van der Waals surface area contributed by atoms with Crippen molar-refractivity contribution >= 4 is 23.1 Å². The van der Waals surface area contributed by atoms with E-state index in [-0.39, 0.29) is 30.3 Å². The summed E-state index contributed by atoms with van der Waals surface area (Å²) in [6, 6.07) is 1.93. The predicted molar refractivity (Wildman–Crippen MR) is 122 cm³/mol. The molecule has 0 radical (unpaired) electrons. The number of hydrogen-bond acceptors (Lipinski definition) is 7. The van der Waals surface area contributed by atoms with Crippen molar-refractivity contribution in [2.75, 3.05) is 18.0 Å². The Kier molecular flexibility index (Phi) is 6.49. The molecule has 0 bridgehead atoms. The van der Waals surface area contributed by atoms with E-state index in [4.69, 9.17) is 9.72 Å². The van der Waals surface area contributed by atoms with Gasteiger partial charge in [-0.05, 0) is 41.0 Å². The number of aromatic nitrogens is 4. The van der Waals surface area contributed by atoms with Crippen molar-refractivity contribution in [3.8, 4) is 6.07 Å². The highest BCUT2D eigenvalue weighted by molar-refractivity contribution is 5.85. The highest BCUT2D eigenvalue weighted by atomic mass is 16.6. The van der Waals surface area contributed by atoms with Crippen LogP contribution in [0.5, 0.6) is 0 Å². The minimum atomic E-state index is -0.570. The van der Waals surface area contributed by atoms with Gasteiger partial charge in [0.2, 0.25) is 0 Å². The fourth-order valence-corrected chi connectivity index (χ4v) is 4.15. The number of nitrogens with zero attached hydrogens (tertiary/aromatic N) is 7. The molecule has 32 heavy (non-hydrogen) atoms. The molecule has 3 heterocycles. The molecule has 0 unspecified atom stereocenters. The minimum absolute atomic E-state index is 0.0998. The second-order valence-electron chi connectivity index (χ2n) is 9.45. The normalized spacial score (nSPS) is 19.3. The van der Waals surface area contributed by atoms with Gasteiger partial charge in [-0.2, -0.15) is 10.2 Å². The molecule has 1 amide bonds. The van der Waals surface area contributed by atoms with Gasteiger partial charge in [-0.3, -0.25) is 4.57 Å². The molecule has 3 rings (SSSR count). The Morgan fingerprint density at radius 1 is 1.22 bits per heavy atom. The average Bonchev–Trinajstić information content (AvgIpc) is 3.04. The number of fused-ring (bicyclic) bond motifs is 1. The van der Waals surface area contributed by atoms with Gasteiger partial charge in [-0.1, -0.05) is 6.92 Å². The van der Waals surface area contributed by atoms with Gasteiger partial charge in [-0.25, -0.2) is 14.6 Å². The highest BCUT2D eigenvalue weighted by Crippen LogP contribution is 2.29. The Morgan fingerprint density at radius 2 is 1.91 bits per heavy atom. The molecule has 1 aliphatic rings. The van der Waals surface area contributed by atoms with Crippen LogP contribution in [0.15, 0.2) is 4.79 Å². The molecule has 0 saturated carbocycles. The molecular weight excluding hydrogens is 410 g/mol. The van der Waals surface area contributed by atoms with Crippen LogP contribution in [-0.2, 0) is 24.8 Å². The van der Waals surface area contributed by atoms with Crippen molar-refractivity contribution in [1.29, 1.82) is 5.26 Å². The lowest BCUT2D eigenvalue weighted by Gasteiger charge is -2.44. The molecule has 0 N–H and O–H groups in total. The molecular formula is C22H33N7O3. The number of anilines is 1. The van der Waals surface area contributed by atoms with Crippen LogP contribution in [0.2, 0.25) is 0 Å². The lowest BCUT2D eigenvalue weighted by Crippen LogP contribution is -2.59. The van der Waals surface area contributed by atoms with E-state index in [0.29, 0.717) is 42.4 Å². The van der Waals surface area contributed by atoms with E-state index >= 15 is 0 Å². The first-order chi connectivity index (χ1) is 15.0. The molecule has 1 saturated heterocycles. The highest BCUT2D eigenvalue weighted by Gasteiger charge is 2.36. The molecule has 0 spiro atoms. The van der Waals surface area contributed by atoms with Gasteiger partial charge >= 0.3 is 11.8 Å². The van der Waals surface area contributed by atoms with E-state index in [2.05, 4.69) is 11.1 Å². The lowest BCUT2D eigenvalue weighted by molar-refractivity contribution is 0.0130. The van der Waals surface area contributed by atoms with Gasteiger partial charge in [-0.15, -0.1) is 0 Å². The van der Waals surface area contributed by atoms with Crippen molar-refractivity contribution < 1.29 is 9.53 Å². The fourth-order valence-electron chi connectivity index (χ4n) is 4.15. The number of aryl methyl sites for hydroxylation is 2. The molecule has 2 aromatic rings. The summed E-state index contributed by atoms with van der Waals surface area (Å²) in [5.41, 5.74) is 0.333. The maximum absolute atomic E-state index is 12.8. The fraction of sp³-hybridized carbons (Fsp3) is 0.682. The summed E-state index contributed by atoms with van der Waals surface area (Å²) in [5.74, 6) is 1.13. The third-order valence-electron chi connectivity index (χ3n) is 5.61.